The summed E-state index contributed by atoms with van der Waals surface area (Å²) in [5, 5.41) is 0. The molecule has 0 spiro atoms. The Kier molecular flexibility index (Phi) is 6.78. The maximum Gasteiger partial charge on any atom is -0.00848 e. The van der Waals surface area contributed by atoms with Gasteiger partial charge in [0.15, 0.2) is 0 Å². The molecule has 5 unspecified atom stereocenters. The van der Waals surface area contributed by atoms with Crippen molar-refractivity contribution in [3.8, 4) is 0 Å². The number of hydrogen-bond donors (Lipinski definition) is 0. The van der Waals surface area contributed by atoms with E-state index >= 15 is 0 Å². The van der Waals surface area contributed by atoms with Crippen LogP contribution < -0.4 is 0 Å². The highest BCUT2D eigenvalue weighted by Gasteiger charge is 2.59. The van der Waals surface area contributed by atoms with Crippen molar-refractivity contribution < 1.29 is 0 Å². The fraction of sp³-hybridized carbons (Fsp3) is 0.871. The molecule has 0 N–H and O–H groups in total. The molecular weight excluding hydrogens is 403 g/mol. The van der Waals surface area contributed by atoms with E-state index < -0.39 is 0 Å². The fourth-order valence-corrected chi connectivity index (χ4v) is 12.3. The van der Waals surface area contributed by atoms with Gasteiger partial charge in [0.2, 0.25) is 0 Å². The highest BCUT2D eigenvalue weighted by atomic mass is 31.1. The topological polar surface area (TPSA) is 0 Å². The molecule has 1 heterocycles. The van der Waals surface area contributed by atoms with E-state index in [0.29, 0.717) is 10.8 Å². The van der Waals surface area contributed by atoms with Crippen LogP contribution in [-0.2, 0) is 0 Å². The van der Waals surface area contributed by atoms with Gasteiger partial charge in [0.25, 0.3) is 0 Å². The summed E-state index contributed by atoms with van der Waals surface area (Å²) in [5.41, 5.74) is 4.10. The standard InChI is InChI=1S/C31H51P/c1-22(2)9-8-10-23(3)27-13-14-28-26-12-11-24-21-25(32-19-6-7-20-32)15-17-30(24,4)29(26)16-18-31(27,28)5/h6,11,19,22-23,25-29H,7-10,12-18,20-21H2,1-5H3/t23-,25?,26?,27-,28?,29?,30+,31-,32?/m1/s1. The van der Waals surface area contributed by atoms with E-state index in [9.17, 15) is 0 Å². The van der Waals surface area contributed by atoms with Gasteiger partial charge < -0.3 is 0 Å². The Balaban J connectivity index is 1.29. The van der Waals surface area contributed by atoms with Gasteiger partial charge in [-0.25, -0.2) is 0 Å². The highest BCUT2D eigenvalue weighted by Crippen LogP contribution is 2.68. The Morgan fingerprint density at radius 3 is 2.59 bits per heavy atom. The monoisotopic (exact) mass is 454 g/mol. The third-order valence-corrected chi connectivity index (χ3v) is 14.3. The average molecular weight is 455 g/mol. The van der Waals surface area contributed by atoms with Gasteiger partial charge in [0.05, 0.1) is 0 Å². The zero-order valence-electron chi connectivity index (χ0n) is 21.9. The number of hydrogen-bond acceptors (Lipinski definition) is 0. The van der Waals surface area contributed by atoms with Crippen molar-refractivity contribution in [1.29, 1.82) is 0 Å². The Morgan fingerprint density at radius 2 is 1.84 bits per heavy atom. The fourth-order valence-electron chi connectivity index (χ4n) is 9.76. The van der Waals surface area contributed by atoms with E-state index in [1.165, 1.54) is 83.2 Å². The molecule has 0 aromatic carbocycles. The van der Waals surface area contributed by atoms with Crippen LogP contribution in [0.4, 0.5) is 0 Å². The lowest BCUT2D eigenvalue weighted by Crippen LogP contribution is -2.50. The third-order valence-electron chi connectivity index (χ3n) is 11.6. The molecule has 1 aliphatic heterocycles. The molecule has 0 nitrogen and oxygen atoms in total. The van der Waals surface area contributed by atoms with E-state index in [4.69, 9.17) is 0 Å². The van der Waals surface area contributed by atoms with Crippen molar-refractivity contribution in [3.05, 3.63) is 23.5 Å². The van der Waals surface area contributed by atoms with Crippen molar-refractivity contribution in [1.82, 2.24) is 0 Å². The third kappa shape index (κ3) is 4.01. The summed E-state index contributed by atoms with van der Waals surface area (Å²) >= 11 is 0. The molecule has 0 aromatic rings. The summed E-state index contributed by atoms with van der Waals surface area (Å²) < 4.78 is 0. The smallest absolute Gasteiger partial charge is 0.00848 e. The number of allylic oxidation sites excluding steroid dienone is 3. The molecule has 32 heavy (non-hydrogen) atoms. The van der Waals surface area contributed by atoms with Crippen molar-refractivity contribution in [3.63, 3.8) is 0 Å². The van der Waals surface area contributed by atoms with Gasteiger partial charge in [0, 0.05) is 0 Å². The quantitative estimate of drug-likeness (QED) is 0.277. The van der Waals surface area contributed by atoms with E-state index in [2.05, 4.69) is 52.6 Å². The van der Waals surface area contributed by atoms with E-state index in [0.717, 1.165) is 41.2 Å². The van der Waals surface area contributed by atoms with Crippen LogP contribution in [0.3, 0.4) is 0 Å². The van der Waals surface area contributed by atoms with Gasteiger partial charge in [-0.05, 0) is 116 Å². The highest BCUT2D eigenvalue weighted by molar-refractivity contribution is 7.61. The van der Waals surface area contributed by atoms with E-state index in [1.807, 2.05) is 5.57 Å². The summed E-state index contributed by atoms with van der Waals surface area (Å²) in [7, 11) is 0.201. The molecule has 0 radical (unpaired) electrons. The second-order valence-corrected chi connectivity index (χ2v) is 16.1. The van der Waals surface area contributed by atoms with Crippen LogP contribution in [-0.4, -0.2) is 11.8 Å². The first-order valence-electron chi connectivity index (χ1n) is 14.4. The minimum atomic E-state index is 0.201. The number of fused-ring (bicyclic) bond motifs is 5. The maximum absolute atomic E-state index is 2.81. The molecule has 1 heteroatoms. The molecule has 5 rings (SSSR count). The zero-order valence-corrected chi connectivity index (χ0v) is 22.8. The first kappa shape index (κ1) is 23.6. The first-order chi connectivity index (χ1) is 15.3. The average Bonchev–Trinajstić information content (AvgIpc) is 3.40. The predicted molar refractivity (Wildman–Crippen MR) is 142 cm³/mol. The molecule has 0 amide bonds. The molecule has 4 aliphatic carbocycles. The number of rotatable bonds is 6. The molecule has 9 atom stereocenters. The Morgan fingerprint density at radius 1 is 1.00 bits per heavy atom. The van der Waals surface area contributed by atoms with Crippen LogP contribution in [0.5, 0.6) is 0 Å². The summed E-state index contributed by atoms with van der Waals surface area (Å²) in [6.45, 7) is 12.9. The second-order valence-electron chi connectivity index (χ2n) is 13.6. The van der Waals surface area contributed by atoms with Gasteiger partial charge >= 0.3 is 0 Å². The lowest BCUT2D eigenvalue weighted by Gasteiger charge is -2.59. The summed E-state index contributed by atoms with van der Waals surface area (Å²) in [6.07, 6.45) is 24.5. The Hall–Kier alpha value is -0.0900. The van der Waals surface area contributed by atoms with Crippen LogP contribution in [0.2, 0.25) is 0 Å². The van der Waals surface area contributed by atoms with E-state index in [1.54, 1.807) is 0 Å². The lowest BCUT2D eigenvalue weighted by atomic mass is 9.47. The van der Waals surface area contributed by atoms with E-state index in [-0.39, 0.29) is 7.92 Å². The van der Waals surface area contributed by atoms with Crippen molar-refractivity contribution in [2.24, 2.45) is 46.3 Å². The molecule has 0 bridgehead atoms. The van der Waals surface area contributed by atoms with Gasteiger partial charge in [-0.3, -0.25) is 0 Å². The van der Waals surface area contributed by atoms with Crippen LogP contribution >= 0.6 is 7.92 Å². The normalized spacial score (nSPS) is 46.5. The van der Waals surface area contributed by atoms with Crippen LogP contribution in [0.1, 0.15) is 112 Å². The minimum Gasteiger partial charge on any atom is -0.0844 e. The predicted octanol–water partition coefficient (Wildman–Crippen LogP) is 9.80. The molecule has 180 valence electrons. The van der Waals surface area contributed by atoms with Crippen LogP contribution in [0.25, 0.3) is 0 Å². The SMILES string of the molecule is CC(C)CCC[C@@H](C)[C@H]1CCC2C3CC=C4CC(P5C=CCC5)CC[C@]4(C)C3CC[C@@]21C. The van der Waals surface area contributed by atoms with Gasteiger partial charge in [0.1, 0.15) is 0 Å². The van der Waals surface area contributed by atoms with Crippen LogP contribution in [0.15, 0.2) is 23.5 Å². The van der Waals surface area contributed by atoms with Gasteiger partial charge in [-0.15, -0.1) is 0 Å². The second kappa shape index (κ2) is 9.17. The maximum atomic E-state index is 2.81. The first-order valence-corrected chi connectivity index (χ1v) is 16.1. The van der Waals surface area contributed by atoms with Crippen molar-refractivity contribution in [2.45, 2.75) is 117 Å². The van der Waals surface area contributed by atoms with Crippen LogP contribution in [0, 0.1) is 46.3 Å². The summed E-state index contributed by atoms with van der Waals surface area (Å²) in [4.78, 5) is 0. The van der Waals surface area contributed by atoms with Gasteiger partial charge in [-0.2, -0.15) is 0 Å². The molecule has 3 fully saturated rings. The molecule has 3 saturated carbocycles. The lowest BCUT2D eigenvalue weighted by molar-refractivity contribution is -0.0498. The summed E-state index contributed by atoms with van der Waals surface area (Å²) in [6, 6.07) is 0. The minimum absolute atomic E-state index is 0.201. The Labute approximate surface area is 201 Å². The zero-order chi connectivity index (χ0) is 22.5. The van der Waals surface area contributed by atoms with Crippen molar-refractivity contribution >= 4 is 7.92 Å². The molecule has 5 aliphatic rings. The summed E-state index contributed by atoms with van der Waals surface area (Å²) in [5.74, 6) is 8.41. The molecular formula is C31H51P. The molecule has 0 aromatic heterocycles. The molecule has 0 saturated heterocycles. The van der Waals surface area contributed by atoms with Gasteiger partial charge in [-0.1, -0.05) is 85.3 Å². The Bertz CT molecular complexity index is 733. The largest absolute Gasteiger partial charge is 0.0844 e. The van der Waals surface area contributed by atoms with Crippen molar-refractivity contribution in [2.75, 3.05) is 6.16 Å².